The summed E-state index contributed by atoms with van der Waals surface area (Å²) in [5.41, 5.74) is 4.99. The van der Waals surface area contributed by atoms with Crippen molar-refractivity contribution in [2.75, 3.05) is 25.1 Å². The Morgan fingerprint density at radius 1 is 1.14 bits per heavy atom. The maximum Gasteiger partial charge on any atom is 0.119 e. The summed E-state index contributed by atoms with van der Waals surface area (Å²) >= 11 is 0. The van der Waals surface area contributed by atoms with Crippen LogP contribution in [0.2, 0.25) is 0 Å². The van der Waals surface area contributed by atoms with E-state index in [-0.39, 0.29) is 5.41 Å². The number of benzene rings is 2. The van der Waals surface area contributed by atoms with E-state index >= 15 is 0 Å². The zero-order valence-corrected chi connectivity index (χ0v) is 13.0. The minimum Gasteiger partial charge on any atom is -0.497 e. The Bertz CT molecular complexity index is 738. The van der Waals surface area contributed by atoms with E-state index in [2.05, 4.69) is 54.3 Å². The number of nitrogens with zero attached hydrogens (tertiary/aromatic N) is 2. The molecular weight excluding hydrogens is 272 g/mol. The zero-order chi connectivity index (χ0) is 15.2. The molecule has 0 radical (unpaired) electrons. The lowest BCUT2D eigenvalue weighted by atomic mass is 9.77. The second kappa shape index (κ2) is 4.87. The van der Waals surface area contributed by atoms with E-state index in [4.69, 9.17) is 9.73 Å². The van der Waals surface area contributed by atoms with Crippen LogP contribution in [0.3, 0.4) is 0 Å². The highest BCUT2D eigenvalue weighted by molar-refractivity contribution is 6.01. The second-order valence-electron chi connectivity index (χ2n) is 6.17. The summed E-state index contributed by atoms with van der Waals surface area (Å²) < 4.78 is 5.42. The molecule has 1 spiro atoms. The number of ether oxygens (including phenoxy) is 1. The smallest absolute Gasteiger partial charge is 0.119 e. The molecule has 1 atom stereocenters. The molecule has 2 aromatic carbocycles. The summed E-state index contributed by atoms with van der Waals surface area (Å²) in [6.45, 7) is 4.22. The molecule has 22 heavy (non-hydrogen) atoms. The SMILES string of the molecule is COc1ccc2c(c1)C1(CCN(c3ccccc3)C1)C(C)=N2. The highest BCUT2D eigenvalue weighted by Gasteiger charge is 2.46. The van der Waals surface area contributed by atoms with Gasteiger partial charge in [-0.25, -0.2) is 0 Å². The first kappa shape index (κ1) is 13.4. The summed E-state index contributed by atoms with van der Waals surface area (Å²) in [7, 11) is 1.72. The first-order chi connectivity index (χ1) is 10.7. The Kier molecular flexibility index (Phi) is 2.96. The normalized spacial score (nSPS) is 22.8. The van der Waals surface area contributed by atoms with E-state index in [0.717, 1.165) is 30.9 Å². The van der Waals surface area contributed by atoms with Gasteiger partial charge in [0.1, 0.15) is 5.75 Å². The van der Waals surface area contributed by atoms with Crippen LogP contribution in [0.25, 0.3) is 0 Å². The molecule has 2 aliphatic heterocycles. The molecule has 0 saturated carbocycles. The molecule has 0 amide bonds. The number of hydrogen-bond donors (Lipinski definition) is 0. The predicted octanol–water partition coefficient (Wildman–Crippen LogP) is 3.95. The van der Waals surface area contributed by atoms with Crippen molar-refractivity contribution in [3.05, 3.63) is 54.1 Å². The van der Waals surface area contributed by atoms with E-state index in [0.29, 0.717) is 0 Å². The predicted molar refractivity (Wildman–Crippen MR) is 90.7 cm³/mol. The van der Waals surface area contributed by atoms with Crippen molar-refractivity contribution >= 4 is 17.1 Å². The largest absolute Gasteiger partial charge is 0.497 e. The third-order valence-electron chi connectivity index (χ3n) is 5.09. The van der Waals surface area contributed by atoms with Crippen molar-refractivity contribution in [2.24, 2.45) is 4.99 Å². The van der Waals surface area contributed by atoms with Gasteiger partial charge in [-0.15, -0.1) is 0 Å². The average molecular weight is 292 g/mol. The highest BCUT2D eigenvalue weighted by Crippen LogP contribution is 2.47. The first-order valence-corrected chi connectivity index (χ1v) is 7.77. The summed E-state index contributed by atoms with van der Waals surface area (Å²) in [4.78, 5) is 7.29. The number of fused-ring (bicyclic) bond motifs is 2. The molecule has 112 valence electrons. The quantitative estimate of drug-likeness (QED) is 0.837. The number of hydrogen-bond acceptors (Lipinski definition) is 3. The van der Waals surface area contributed by atoms with Gasteiger partial charge in [0.2, 0.25) is 0 Å². The Morgan fingerprint density at radius 3 is 2.73 bits per heavy atom. The van der Waals surface area contributed by atoms with Crippen LogP contribution < -0.4 is 9.64 Å². The molecule has 2 aromatic rings. The Morgan fingerprint density at radius 2 is 1.95 bits per heavy atom. The molecule has 1 saturated heterocycles. The van der Waals surface area contributed by atoms with E-state index in [1.807, 2.05) is 6.07 Å². The Balaban J connectivity index is 1.73. The minimum atomic E-state index is 0.0414. The van der Waals surface area contributed by atoms with Crippen LogP contribution in [0.15, 0.2) is 53.5 Å². The van der Waals surface area contributed by atoms with Crippen molar-refractivity contribution in [3.63, 3.8) is 0 Å². The van der Waals surface area contributed by atoms with Gasteiger partial charge >= 0.3 is 0 Å². The Hall–Kier alpha value is -2.29. The lowest BCUT2D eigenvalue weighted by Gasteiger charge is -2.27. The van der Waals surface area contributed by atoms with Gasteiger partial charge < -0.3 is 9.64 Å². The average Bonchev–Trinajstić information content (AvgIpc) is 3.12. The van der Waals surface area contributed by atoms with Gasteiger partial charge in [0.05, 0.1) is 18.2 Å². The molecular formula is C19H20N2O. The molecule has 0 aromatic heterocycles. The third kappa shape index (κ3) is 1.85. The van der Waals surface area contributed by atoms with Gasteiger partial charge in [-0.1, -0.05) is 18.2 Å². The van der Waals surface area contributed by atoms with Gasteiger partial charge in [0.15, 0.2) is 0 Å². The van der Waals surface area contributed by atoms with E-state index in [1.165, 1.54) is 17.0 Å². The van der Waals surface area contributed by atoms with Crippen LogP contribution in [-0.4, -0.2) is 25.9 Å². The molecule has 4 rings (SSSR count). The topological polar surface area (TPSA) is 24.8 Å². The molecule has 1 fully saturated rings. The van der Waals surface area contributed by atoms with Gasteiger partial charge in [-0.3, -0.25) is 4.99 Å². The van der Waals surface area contributed by atoms with Crippen molar-refractivity contribution in [1.29, 1.82) is 0 Å². The van der Waals surface area contributed by atoms with Crippen LogP contribution in [0.1, 0.15) is 18.9 Å². The number of para-hydroxylation sites is 1. The number of methoxy groups -OCH3 is 1. The fraction of sp³-hybridized carbons (Fsp3) is 0.316. The van der Waals surface area contributed by atoms with Gasteiger partial charge in [0.25, 0.3) is 0 Å². The molecule has 0 bridgehead atoms. The third-order valence-corrected chi connectivity index (χ3v) is 5.09. The second-order valence-corrected chi connectivity index (χ2v) is 6.17. The van der Waals surface area contributed by atoms with Gasteiger partial charge in [-0.05, 0) is 49.2 Å². The first-order valence-electron chi connectivity index (χ1n) is 7.77. The van der Waals surface area contributed by atoms with Crippen LogP contribution in [0, 0.1) is 0 Å². The molecule has 0 N–H and O–H groups in total. The van der Waals surface area contributed by atoms with Gasteiger partial charge in [0, 0.05) is 24.5 Å². The summed E-state index contributed by atoms with van der Waals surface area (Å²) in [5, 5.41) is 0. The van der Waals surface area contributed by atoms with E-state index in [9.17, 15) is 0 Å². The molecule has 2 aliphatic rings. The molecule has 3 nitrogen and oxygen atoms in total. The molecule has 0 aliphatic carbocycles. The number of anilines is 1. The maximum atomic E-state index is 5.42. The fourth-order valence-corrected chi connectivity index (χ4v) is 3.79. The van der Waals surface area contributed by atoms with Gasteiger partial charge in [-0.2, -0.15) is 0 Å². The van der Waals surface area contributed by atoms with Crippen molar-refractivity contribution in [3.8, 4) is 5.75 Å². The van der Waals surface area contributed by atoms with Crippen LogP contribution in [0.5, 0.6) is 5.75 Å². The number of aliphatic imine (C=N–C) groups is 1. The lowest BCUT2D eigenvalue weighted by molar-refractivity contribution is 0.413. The van der Waals surface area contributed by atoms with Crippen molar-refractivity contribution in [1.82, 2.24) is 0 Å². The minimum absolute atomic E-state index is 0.0414. The van der Waals surface area contributed by atoms with Crippen LogP contribution in [0.4, 0.5) is 11.4 Å². The standard InChI is InChI=1S/C19H20N2O/c1-14-19(17-12-16(22-2)8-9-18(17)20-14)10-11-21(13-19)15-6-4-3-5-7-15/h3-9,12H,10-11,13H2,1-2H3. The number of rotatable bonds is 2. The summed E-state index contributed by atoms with van der Waals surface area (Å²) in [6, 6.07) is 16.9. The zero-order valence-electron chi connectivity index (χ0n) is 13.0. The van der Waals surface area contributed by atoms with Crippen molar-refractivity contribution in [2.45, 2.75) is 18.8 Å². The summed E-state index contributed by atoms with van der Waals surface area (Å²) in [6.07, 6.45) is 1.11. The maximum absolute atomic E-state index is 5.42. The van der Waals surface area contributed by atoms with Crippen LogP contribution in [-0.2, 0) is 5.41 Å². The lowest BCUT2D eigenvalue weighted by Crippen LogP contribution is -2.35. The highest BCUT2D eigenvalue weighted by atomic mass is 16.5. The Labute approximate surface area is 131 Å². The molecule has 2 heterocycles. The van der Waals surface area contributed by atoms with E-state index in [1.54, 1.807) is 7.11 Å². The van der Waals surface area contributed by atoms with Crippen molar-refractivity contribution < 1.29 is 4.74 Å². The van der Waals surface area contributed by atoms with Crippen LogP contribution >= 0.6 is 0 Å². The van der Waals surface area contributed by atoms with E-state index < -0.39 is 0 Å². The summed E-state index contributed by atoms with van der Waals surface area (Å²) in [5.74, 6) is 0.918. The monoisotopic (exact) mass is 292 g/mol. The molecule has 3 heteroatoms. The molecule has 1 unspecified atom stereocenters. The fourth-order valence-electron chi connectivity index (χ4n) is 3.79.